The third kappa shape index (κ3) is 6.35. The number of guanidine groups is 1. The number of nitrogens with one attached hydrogen (secondary N) is 2. The fraction of sp³-hybridized carbons (Fsp3) is 0.478. The average molecular weight is 412 g/mol. The monoisotopic (exact) mass is 411 g/mol. The molecule has 2 N–H and O–H groups in total. The number of ether oxygens (including phenoxy) is 2. The first-order chi connectivity index (χ1) is 14.7. The molecule has 30 heavy (non-hydrogen) atoms. The minimum atomic E-state index is 0.147. The zero-order valence-corrected chi connectivity index (χ0v) is 18.2. The lowest BCUT2D eigenvalue weighted by Gasteiger charge is -2.22. The van der Waals surface area contributed by atoms with Crippen LogP contribution in [-0.2, 0) is 11.3 Å². The van der Waals surface area contributed by atoms with Gasteiger partial charge in [-0.25, -0.2) is 4.98 Å². The van der Waals surface area contributed by atoms with Crippen LogP contribution in [0.3, 0.4) is 0 Å². The molecule has 162 valence electrons. The molecule has 0 amide bonds. The Labute approximate surface area is 179 Å². The molecule has 1 fully saturated rings. The standard InChI is InChI=1S/C23H33N5O2/c1-18(20-7-6-8-21(15-20)28-11-4-5-12-28)27-23(24-2)26-17-19-9-10-22(25-16-19)30-14-13-29-3/h6-10,15-16,18H,4-5,11-14,17H2,1-3H3,(H2,24,26,27). The Morgan fingerprint density at radius 2 is 2.03 bits per heavy atom. The molecule has 1 unspecified atom stereocenters. The van der Waals surface area contributed by atoms with Crippen LogP contribution in [0.25, 0.3) is 0 Å². The molecule has 1 aromatic heterocycles. The van der Waals surface area contributed by atoms with Gasteiger partial charge in [-0.3, -0.25) is 4.99 Å². The Balaban J connectivity index is 1.51. The van der Waals surface area contributed by atoms with Gasteiger partial charge in [0.25, 0.3) is 0 Å². The van der Waals surface area contributed by atoms with E-state index in [4.69, 9.17) is 9.47 Å². The molecule has 1 aromatic carbocycles. The van der Waals surface area contributed by atoms with Gasteiger partial charge in [0.1, 0.15) is 6.61 Å². The van der Waals surface area contributed by atoms with Crippen LogP contribution < -0.4 is 20.3 Å². The molecule has 1 saturated heterocycles. The van der Waals surface area contributed by atoms with E-state index in [0.717, 1.165) is 24.6 Å². The summed E-state index contributed by atoms with van der Waals surface area (Å²) in [4.78, 5) is 11.1. The average Bonchev–Trinajstić information content (AvgIpc) is 3.33. The van der Waals surface area contributed by atoms with Crippen molar-refractivity contribution >= 4 is 11.6 Å². The number of rotatable bonds is 9. The van der Waals surface area contributed by atoms with Crippen LogP contribution in [0.5, 0.6) is 5.88 Å². The molecular formula is C23H33N5O2. The van der Waals surface area contributed by atoms with Gasteiger partial charge in [0.15, 0.2) is 5.96 Å². The maximum absolute atomic E-state index is 5.50. The Hall–Kier alpha value is -2.80. The van der Waals surface area contributed by atoms with Crippen LogP contribution in [0.2, 0.25) is 0 Å². The Morgan fingerprint density at radius 3 is 2.73 bits per heavy atom. The number of benzene rings is 1. The van der Waals surface area contributed by atoms with Crippen molar-refractivity contribution in [1.82, 2.24) is 15.6 Å². The molecule has 1 aliphatic heterocycles. The summed E-state index contributed by atoms with van der Waals surface area (Å²) in [6.45, 7) is 6.13. The largest absolute Gasteiger partial charge is 0.475 e. The van der Waals surface area contributed by atoms with E-state index in [-0.39, 0.29) is 6.04 Å². The summed E-state index contributed by atoms with van der Waals surface area (Å²) < 4.78 is 10.5. The summed E-state index contributed by atoms with van der Waals surface area (Å²) in [6, 6.07) is 12.8. The van der Waals surface area contributed by atoms with Gasteiger partial charge >= 0.3 is 0 Å². The molecule has 1 aliphatic rings. The quantitative estimate of drug-likeness (QED) is 0.375. The van der Waals surface area contributed by atoms with E-state index in [1.807, 2.05) is 18.3 Å². The van der Waals surface area contributed by atoms with Crippen LogP contribution in [0.4, 0.5) is 5.69 Å². The normalized spacial score (nSPS) is 15.2. The van der Waals surface area contributed by atoms with Crippen molar-refractivity contribution in [3.8, 4) is 5.88 Å². The molecule has 3 rings (SSSR count). The number of anilines is 1. The minimum Gasteiger partial charge on any atom is -0.475 e. The van der Waals surface area contributed by atoms with E-state index in [9.17, 15) is 0 Å². The minimum absolute atomic E-state index is 0.147. The molecule has 0 radical (unpaired) electrons. The van der Waals surface area contributed by atoms with Gasteiger partial charge in [0, 0.05) is 51.7 Å². The number of aliphatic imine (C=N–C) groups is 1. The van der Waals surface area contributed by atoms with Gasteiger partial charge in [-0.15, -0.1) is 0 Å². The fourth-order valence-corrected chi connectivity index (χ4v) is 3.47. The van der Waals surface area contributed by atoms with E-state index >= 15 is 0 Å². The smallest absolute Gasteiger partial charge is 0.213 e. The summed E-state index contributed by atoms with van der Waals surface area (Å²) in [7, 11) is 3.44. The van der Waals surface area contributed by atoms with Gasteiger partial charge in [-0.05, 0) is 43.0 Å². The zero-order chi connectivity index (χ0) is 21.2. The Kier molecular flexibility index (Phi) is 8.32. The molecule has 1 atom stereocenters. The molecule has 0 bridgehead atoms. The maximum Gasteiger partial charge on any atom is 0.213 e. The molecule has 7 nitrogen and oxygen atoms in total. The van der Waals surface area contributed by atoms with Crippen molar-refractivity contribution in [2.24, 2.45) is 4.99 Å². The number of methoxy groups -OCH3 is 1. The van der Waals surface area contributed by atoms with Crippen LogP contribution >= 0.6 is 0 Å². The van der Waals surface area contributed by atoms with Gasteiger partial charge in [0.05, 0.1) is 12.6 Å². The van der Waals surface area contributed by atoms with Crippen molar-refractivity contribution < 1.29 is 9.47 Å². The molecular weight excluding hydrogens is 378 g/mol. The lowest BCUT2D eigenvalue weighted by molar-refractivity contribution is 0.143. The highest BCUT2D eigenvalue weighted by Gasteiger charge is 2.14. The Morgan fingerprint density at radius 1 is 1.20 bits per heavy atom. The van der Waals surface area contributed by atoms with Crippen LogP contribution in [0.1, 0.15) is 36.9 Å². The molecule has 0 aliphatic carbocycles. The first-order valence-electron chi connectivity index (χ1n) is 10.6. The third-order valence-electron chi connectivity index (χ3n) is 5.21. The molecule has 2 aromatic rings. The van der Waals surface area contributed by atoms with Crippen molar-refractivity contribution in [3.63, 3.8) is 0 Å². The van der Waals surface area contributed by atoms with Gasteiger partial charge in [-0.1, -0.05) is 18.2 Å². The predicted molar refractivity (Wildman–Crippen MR) is 121 cm³/mol. The van der Waals surface area contributed by atoms with E-state index < -0.39 is 0 Å². The predicted octanol–water partition coefficient (Wildman–Crippen LogP) is 3.13. The van der Waals surface area contributed by atoms with Crippen molar-refractivity contribution in [2.45, 2.75) is 32.4 Å². The van der Waals surface area contributed by atoms with E-state index in [1.165, 1.54) is 24.1 Å². The van der Waals surface area contributed by atoms with E-state index in [2.05, 4.69) is 56.7 Å². The highest BCUT2D eigenvalue weighted by atomic mass is 16.5. The second-order valence-electron chi connectivity index (χ2n) is 7.43. The first-order valence-corrected chi connectivity index (χ1v) is 10.6. The fourth-order valence-electron chi connectivity index (χ4n) is 3.47. The number of hydrogen-bond donors (Lipinski definition) is 2. The Bertz CT molecular complexity index is 803. The topological polar surface area (TPSA) is 71.0 Å². The van der Waals surface area contributed by atoms with Gasteiger partial charge < -0.3 is 25.0 Å². The summed E-state index contributed by atoms with van der Waals surface area (Å²) in [5.74, 6) is 1.36. The molecule has 0 spiro atoms. The summed E-state index contributed by atoms with van der Waals surface area (Å²) >= 11 is 0. The zero-order valence-electron chi connectivity index (χ0n) is 18.2. The van der Waals surface area contributed by atoms with Crippen molar-refractivity contribution in [2.75, 3.05) is 45.4 Å². The number of pyridine rings is 1. The van der Waals surface area contributed by atoms with E-state index in [0.29, 0.717) is 25.6 Å². The highest BCUT2D eigenvalue weighted by Crippen LogP contribution is 2.23. The van der Waals surface area contributed by atoms with Gasteiger partial charge in [0.2, 0.25) is 5.88 Å². The maximum atomic E-state index is 5.50. The summed E-state index contributed by atoms with van der Waals surface area (Å²) in [6.07, 6.45) is 4.37. The number of nitrogens with zero attached hydrogens (tertiary/aromatic N) is 3. The van der Waals surface area contributed by atoms with E-state index in [1.54, 1.807) is 14.2 Å². The summed E-state index contributed by atoms with van der Waals surface area (Å²) in [5.41, 5.74) is 3.61. The van der Waals surface area contributed by atoms with Crippen LogP contribution in [0, 0.1) is 0 Å². The number of hydrogen-bond acceptors (Lipinski definition) is 5. The van der Waals surface area contributed by atoms with Crippen molar-refractivity contribution in [3.05, 3.63) is 53.7 Å². The van der Waals surface area contributed by atoms with Crippen molar-refractivity contribution in [1.29, 1.82) is 0 Å². The third-order valence-corrected chi connectivity index (χ3v) is 5.21. The summed E-state index contributed by atoms with van der Waals surface area (Å²) in [5, 5.41) is 6.83. The molecule has 0 saturated carbocycles. The van der Waals surface area contributed by atoms with Crippen LogP contribution in [-0.4, -0.2) is 51.4 Å². The molecule has 7 heteroatoms. The lowest BCUT2D eigenvalue weighted by Crippen LogP contribution is -2.38. The van der Waals surface area contributed by atoms with Crippen LogP contribution in [0.15, 0.2) is 47.6 Å². The number of aromatic nitrogens is 1. The van der Waals surface area contributed by atoms with Gasteiger partial charge in [-0.2, -0.15) is 0 Å². The first kappa shape index (κ1) is 21.9. The lowest BCUT2D eigenvalue weighted by atomic mass is 10.1. The highest BCUT2D eigenvalue weighted by molar-refractivity contribution is 5.80. The second kappa shape index (κ2) is 11.4. The second-order valence-corrected chi connectivity index (χ2v) is 7.43. The SMILES string of the molecule is CN=C(NCc1ccc(OCCOC)nc1)NC(C)c1cccc(N2CCCC2)c1. The molecule has 2 heterocycles.